The van der Waals surface area contributed by atoms with Crippen LogP contribution >= 0.6 is 0 Å². The van der Waals surface area contributed by atoms with Gasteiger partial charge < -0.3 is 11.1 Å². The highest BCUT2D eigenvalue weighted by molar-refractivity contribution is 5.54. The van der Waals surface area contributed by atoms with Crippen LogP contribution in [0.5, 0.6) is 0 Å². The zero-order valence-electron chi connectivity index (χ0n) is 11.1. The van der Waals surface area contributed by atoms with E-state index in [9.17, 15) is 14.5 Å². The van der Waals surface area contributed by atoms with E-state index in [1.165, 1.54) is 12.1 Å². The van der Waals surface area contributed by atoms with Gasteiger partial charge in [0, 0.05) is 17.8 Å². The van der Waals surface area contributed by atoms with Crippen molar-refractivity contribution in [3.8, 4) is 0 Å². The molecule has 1 aliphatic carbocycles. The number of nitrogens with two attached hydrogens (primary N) is 1. The van der Waals surface area contributed by atoms with Gasteiger partial charge in [-0.2, -0.15) is 4.39 Å². The van der Waals surface area contributed by atoms with Gasteiger partial charge in [0.1, 0.15) is 0 Å². The van der Waals surface area contributed by atoms with Crippen molar-refractivity contribution in [3.05, 3.63) is 69.5 Å². The molecule has 21 heavy (non-hydrogen) atoms. The maximum absolute atomic E-state index is 13.3. The predicted molar refractivity (Wildman–Crippen MR) is 77.4 cm³/mol. The molecule has 0 aromatic heterocycles. The molecular formula is C15H14FN3O2. The van der Waals surface area contributed by atoms with Crippen molar-refractivity contribution in [2.75, 3.05) is 5.32 Å². The maximum atomic E-state index is 13.3. The Morgan fingerprint density at radius 3 is 2.67 bits per heavy atom. The molecule has 0 radical (unpaired) electrons. The second-order valence-electron chi connectivity index (χ2n) is 5.09. The van der Waals surface area contributed by atoms with Gasteiger partial charge in [0.2, 0.25) is 5.82 Å². The van der Waals surface area contributed by atoms with E-state index in [0.29, 0.717) is 12.1 Å². The van der Waals surface area contributed by atoms with E-state index >= 15 is 0 Å². The van der Waals surface area contributed by atoms with Crippen LogP contribution in [0.1, 0.15) is 29.6 Å². The van der Waals surface area contributed by atoms with Gasteiger partial charge in [-0.25, -0.2) is 0 Å². The first-order chi connectivity index (χ1) is 10.1. The molecule has 108 valence electrons. The number of anilines is 1. The fourth-order valence-corrected chi connectivity index (χ4v) is 2.75. The number of nitrogens with one attached hydrogen (secondary N) is 1. The van der Waals surface area contributed by atoms with Crippen LogP contribution in [0.3, 0.4) is 0 Å². The fraction of sp³-hybridized carbons (Fsp3) is 0.200. The van der Waals surface area contributed by atoms with E-state index in [2.05, 4.69) is 5.32 Å². The molecule has 0 fully saturated rings. The molecule has 1 aliphatic rings. The number of hydrogen-bond donors (Lipinski definition) is 2. The molecule has 0 spiro atoms. The van der Waals surface area contributed by atoms with Crippen LogP contribution < -0.4 is 11.1 Å². The summed E-state index contributed by atoms with van der Waals surface area (Å²) in [7, 11) is 0. The first-order valence-corrected chi connectivity index (χ1v) is 6.61. The van der Waals surface area contributed by atoms with E-state index in [-0.39, 0.29) is 12.1 Å². The maximum Gasteiger partial charge on any atom is 0.306 e. The lowest BCUT2D eigenvalue weighted by Gasteiger charge is -2.15. The molecule has 2 atom stereocenters. The highest BCUT2D eigenvalue weighted by Gasteiger charge is 2.28. The first-order valence-electron chi connectivity index (χ1n) is 6.61. The summed E-state index contributed by atoms with van der Waals surface area (Å²) < 4.78 is 13.3. The highest BCUT2D eigenvalue weighted by Crippen LogP contribution is 2.39. The molecule has 6 heteroatoms. The molecule has 0 saturated heterocycles. The van der Waals surface area contributed by atoms with E-state index in [1.54, 1.807) is 0 Å². The third kappa shape index (κ3) is 2.45. The lowest BCUT2D eigenvalue weighted by Crippen LogP contribution is -2.10. The standard InChI is InChI=1S/C15H14FN3O2/c16-12-6-5-9(7-15(12)19(20)21)18-14-8-13(17)10-3-1-2-4-11(10)14/h1-7,13-14,18H,8,17H2. The van der Waals surface area contributed by atoms with Gasteiger partial charge in [-0.3, -0.25) is 10.1 Å². The lowest BCUT2D eigenvalue weighted by atomic mass is 10.1. The Morgan fingerprint density at radius 2 is 1.95 bits per heavy atom. The smallest absolute Gasteiger partial charge is 0.306 e. The van der Waals surface area contributed by atoms with E-state index in [4.69, 9.17) is 5.73 Å². The number of fused-ring (bicyclic) bond motifs is 1. The summed E-state index contributed by atoms with van der Waals surface area (Å²) >= 11 is 0. The molecule has 3 N–H and O–H groups in total. The average Bonchev–Trinajstić information content (AvgIpc) is 2.78. The third-order valence-corrected chi connectivity index (χ3v) is 3.74. The van der Waals surface area contributed by atoms with Gasteiger partial charge in [0.15, 0.2) is 0 Å². The van der Waals surface area contributed by atoms with Crippen LogP contribution in [-0.4, -0.2) is 4.92 Å². The average molecular weight is 287 g/mol. The molecule has 5 nitrogen and oxygen atoms in total. The fourth-order valence-electron chi connectivity index (χ4n) is 2.75. The molecule has 2 aromatic rings. The van der Waals surface area contributed by atoms with Crippen LogP contribution in [0, 0.1) is 15.9 Å². The van der Waals surface area contributed by atoms with Crippen molar-refractivity contribution in [1.29, 1.82) is 0 Å². The molecule has 0 saturated carbocycles. The number of nitrogens with zero attached hydrogens (tertiary/aromatic N) is 1. The Balaban J connectivity index is 1.89. The Labute approximate surface area is 120 Å². The van der Waals surface area contributed by atoms with Crippen molar-refractivity contribution in [3.63, 3.8) is 0 Å². The SMILES string of the molecule is NC1CC(Nc2ccc(F)c([N+](=O)[O-])c2)c2ccccc21. The zero-order valence-corrected chi connectivity index (χ0v) is 11.1. The Bertz CT molecular complexity index is 705. The molecule has 2 aromatic carbocycles. The molecule has 0 amide bonds. The van der Waals surface area contributed by atoms with Crippen molar-refractivity contribution < 1.29 is 9.31 Å². The summed E-state index contributed by atoms with van der Waals surface area (Å²) in [5.41, 5.74) is 8.22. The Hall–Kier alpha value is -2.47. The number of halogens is 1. The van der Waals surface area contributed by atoms with Gasteiger partial charge in [0.25, 0.3) is 0 Å². The van der Waals surface area contributed by atoms with Crippen LogP contribution in [0.2, 0.25) is 0 Å². The summed E-state index contributed by atoms with van der Waals surface area (Å²) in [6.45, 7) is 0. The van der Waals surface area contributed by atoms with Gasteiger partial charge in [-0.1, -0.05) is 24.3 Å². The minimum Gasteiger partial charge on any atom is -0.378 e. The van der Waals surface area contributed by atoms with Crippen LogP contribution in [0.4, 0.5) is 15.8 Å². The number of rotatable bonds is 3. The second kappa shape index (κ2) is 5.14. The van der Waals surface area contributed by atoms with Gasteiger partial charge in [-0.15, -0.1) is 0 Å². The van der Waals surface area contributed by atoms with Crippen LogP contribution in [0.25, 0.3) is 0 Å². The predicted octanol–water partition coefficient (Wildman–Crippen LogP) is 3.29. The molecule has 3 rings (SSSR count). The quantitative estimate of drug-likeness (QED) is 0.670. The highest BCUT2D eigenvalue weighted by atomic mass is 19.1. The van der Waals surface area contributed by atoms with E-state index in [0.717, 1.165) is 17.2 Å². The zero-order chi connectivity index (χ0) is 15.0. The molecule has 2 unspecified atom stereocenters. The summed E-state index contributed by atoms with van der Waals surface area (Å²) in [5, 5.41) is 14.0. The van der Waals surface area contributed by atoms with Crippen LogP contribution in [-0.2, 0) is 0 Å². The van der Waals surface area contributed by atoms with Gasteiger partial charge in [-0.05, 0) is 29.7 Å². The molecule has 0 heterocycles. The first kappa shape index (κ1) is 13.5. The Kier molecular flexibility index (Phi) is 3.31. The van der Waals surface area contributed by atoms with Gasteiger partial charge >= 0.3 is 5.69 Å². The summed E-state index contributed by atoms with van der Waals surface area (Å²) in [6, 6.07) is 11.5. The Morgan fingerprint density at radius 1 is 1.24 bits per heavy atom. The van der Waals surface area contributed by atoms with Crippen molar-refractivity contribution >= 4 is 11.4 Å². The van der Waals surface area contributed by atoms with Crippen molar-refractivity contribution in [2.45, 2.75) is 18.5 Å². The molecule has 0 aliphatic heterocycles. The van der Waals surface area contributed by atoms with Crippen LogP contribution in [0.15, 0.2) is 42.5 Å². The van der Waals surface area contributed by atoms with E-state index in [1.807, 2.05) is 24.3 Å². The summed E-state index contributed by atoms with van der Waals surface area (Å²) in [6.07, 6.45) is 0.699. The number of hydrogen-bond acceptors (Lipinski definition) is 4. The second-order valence-corrected chi connectivity index (χ2v) is 5.09. The minimum absolute atomic E-state index is 0.0266. The summed E-state index contributed by atoms with van der Waals surface area (Å²) in [5.74, 6) is -0.839. The largest absolute Gasteiger partial charge is 0.378 e. The topological polar surface area (TPSA) is 81.2 Å². The lowest BCUT2D eigenvalue weighted by molar-refractivity contribution is -0.387. The van der Waals surface area contributed by atoms with E-state index < -0.39 is 16.4 Å². The number of nitro benzene ring substituents is 1. The monoisotopic (exact) mass is 287 g/mol. The molecular weight excluding hydrogens is 273 g/mol. The third-order valence-electron chi connectivity index (χ3n) is 3.74. The normalized spacial score (nSPS) is 20.1. The minimum atomic E-state index is -0.839. The summed E-state index contributed by atoms with van der Waals surface area (Å²) in [4.78, 5) is 10.1. The number of nitro groups is 1. The van der Waals surface area contributed by atoms with Gasteiger partial charge in [0.05, 0.1) is 11.0 Å². The van der Waals surface area contributed by atoms with Crippen molar-refractivity contribution in [1.82, 2.24) is 0 Å². The van der Waals surface area contributed by atoms with Crippen molar-refractivity contribution in [2.24, 2.45) is 5.73 Å². The number of benzene rings is 2. The molecule has 0 bridgehead atoms.